The fraction of sp³-hybridized carbons (Fsp3) is 0.462. The smallest absolute Gasteiger partial charge is 0.269 e. The minimum Gasteiger partial charge on any atom is -0.291 e. The first-order valence-electron chi connectivity index (χ1n) is 12.8. The number of aromatic nitrogens is 4. The van der Waals surface area contributed by atoms with Gasteiger partial charge in [0.1, 0.15) is 5.82 Å². The van der Waals surface area contributed by atoms with Gasteiger partial charge in [-0.15, -0.1) is 0 Å². The molecule has 0 radical (unpaired) electrons. The van der Waals surface area contributed by atoms with Gasteiger partial charge in [0.2, 0.25) is 10.0 Å². The molecule has 0 amide bonds. The maximum atomic E-state index is 13.5. The van der Waals surface area contributed by atoms with Crippen LogP contribution >= 0.6 is 0 Å². The average molecular weight is 542 g/mol. The number of nitrogens with one attached hydrogen (secondary N) is 1. The Bertz CT molecular complexity index is 1720. The summed E-state index contributed by atoms with van der Waals surface area (Å²) in [5, 5.41) is -0.248. The van der Waals surface area contributed by atoms with Gasteiger partial charge in [0.15, 0.2) is 5.65 Å². The van der Waals surface area contributed by atoms with Crippen molar-refractivity contribution in [3.63, 3.8) is 0 Å². The van der Waals surface area contributed by atoms with Gasteiger partial charge in [-0.3, -0.25) is 4.40 Å². The molecule has 2 aliphatic rings. The van der Waals surface area contributed by atoms with Gasteiger partial charge in [-0.05, 0) is 63.6 Å². The monoisotopic (exact) mass is 541 g/mol. The lowest BCUT2D eigenvalue weighted by Crippen LogP contribution is -2.35. The molecule has 9 nitrogen and oxygen atoms in total. The summed E-state index contributed by atoms with van der Waals surface area (Å²) >= 11 is 0. The zero-order chi connectivity index (χ0) is 26.1. The molecule has 0 aliphatic heterocycles. The molecule has 0 saturated heterocycles. The number of benzene rings is 1. The van der Waals surface area contributed by atoms with Gasteiger partial charge in [-0.25, -0.2) is 35.5 Å². The molecule has 11 heteroatoms. The molecule has 0 unspecified atom stereocenters. The van der Waals surface area contributed by atoms with Crippen molar-refractivity contribution in [2.24, 2.45) is 5.92 Å². The van der Waals surface area contributed by atoms with E-state index in [1.165, 1.54) is 3.97 Å². The zero-order valence-corrected chi connectivity index (χ0v) is 22.8. The van der Waals surface area contributed by atoms with E-state index in [2.05, 4.69) is 16.6 Å². The number of aryl methyl sites for hydroxylation is 2. The van der Waals surface area contributed by atoms with E-state index in [-0.39, 0.29) is 28.0 Å². The third-order valence-electron chi connectivity index (χ3n) is 7.90. The fourth-order valence-corrected chi connectivity index (χ4v) is 8.65. The van der Waals surface area contributed by atoms with E-state index in [0.29, 0.717) is 17.6 Å². The first-order valence-corrected chi connectivity index (χ1v) is 15.8. The van der Waals surface area contributed by atoms with Gasteiger partial charge in [0.05, 0.1) is 33.1 Å². The van der Waals surface area contributed by atoms with Crippen molar-refractivity contribution in [1.82, 2.24) is 23.1 Å². The number of rotatable bonds is 7. The maximum Gasteiger partial charge on any atom is 0.269 e. The van der Waals surface area contributed by atoms with Crippen molar-refractivity contribution in [2.45, 2.75) is 75.0 Å². The van der Waals surface area contributed by atoms with Crippen LogP contribution in [0.4, 0.5) is 0 Å². The molecule has 2 fully saturated rings. The van der Waals surface area contributed by atoms with Crippen LogP contribution in [0.1, 0.15) is 62.0 Å². The normalized spacial score (nSPS) is 22.8. The topological polar surface area (TPSA) is 115 Å². The van der Waals surface area contributed by atoms with Crippen LogP contribution in [0, 0.1) is 19.8 Å². The third kappa shape index (κ3) is 4.07. The number of hydrogen-bond donors (Lipinski definition) is 1. The van der Waals surface area contributed by atoms with Gasteiger partial charge in [0.25, 0.3) is 10.0 Å². The average Bonchev–Trinajstić information content (AvgIpc) is 3.39. The van der Waals surface area contributed by atoms with E-state index < -0.39 is 20.0 Å². The summed E-state index contributed by atoms with van der Waals surface area (Å²) in [5.74, 6) is 1.14. The summed E-state index contributed by atoms with van der Waals surface area (Å²) in [6.45, 7) is 5.96. The molecule has 3 heterocycles. The number of imidazole rings is 1. The van der Waals surface area contributed by atoms with E-state index in [9.17, 15) is 16.8 Å². The lowest BCUT2D eigenvalue weighted by molar-refractivity contribution is 0.450. The Labute approximate surface area is 217 Å². The summed E-state index contributed by atoms with van der Waals surface area (Å²) < 4.78 is 58.4. The molecule has 6 rings (SSSR count). The largest absolute Gasteiger partial charge is 0.291 e. The number of fused-ring (bicyclic) bond motifs is 3. The molecule has 3 atom stereocenters. The lowest BCUT2D eigenvalue weighted by atomic mass is 9.93. The van der Waals surface area contributed by atoms with Gasteiger partial charge in [0, 0.05) is 18.2 Å². The molecule has 0 bridgehead atoms. The standard InChI is InChI=1S/C26H31N5O4S2/c1-4-18-13-19(29-36(32,33)20-9-10-20)14-22(18)25-28-17(3)24-15-27-26-23(31(24)25)11-12-30(26)37(34,35)21-7-5-16(2)6-8-21/h5-8,11-12,15,18-20,22,29H,4,9-10,13-14H2,1-3H3/t18-,19+,22+/m0/s1. The van der Waals surface area contributed by atoms with Gasteiger partial charge in [-0.1, -0.05) is 31.0 Å². The molecule has 2 saturated carbocycles. The second-order valence-electron chi connectivity index (χ2n) is 10.5. The Balaban J connectivity index is 1.43. The minimum absolute atomic E-state index is 0.0424. The highest BCUT2D eigenvalue weighted by atomic mass is 32.2. The Morgan fingerprint density at radius 2 is 1.73 bits per heavy atom. The Hall–Kier alpha value is -2.76. The van der Waals surface area contributed by atoms with E-state index >= 15 is 0 Å². The number of hydrogen-bond acceptors (Lipinski definition) is 6. The molecule has 1 aromatic carbocycles. The fourth-order valence-electron chi connectivity index (χ4n) is 5.75. The highest BCUT2D eigenvalue weighted by molar-refractivity contribution is 7.90. The molecular weight excluding hydrogens is 510 g/mol. The van der Waals surface area contributed by atoms with E-state index in [1.54, 1.807) is 42.7 Å². The highest BCUT2D eigenvalue weighted by Crippen LogP contribution is 2.43. The van der Waals surface area contributed by atoms with Crippen LogP contribution in [0.3, 0.4) is 0 Å². The quantitative estimate of drug-likeness (QED) is 0.380. The van der Waals surface area contributed by atoms with Crippen molar-refractivity contribution < 1.29 is 16.8 Å². The van der Waals surface area contributed by atoms with Gasteiger partial charge < -0.3 is 0 Å². The van der Waals surface area contributed by atoms with E-state index in [4.69, 9.17) is 4.98 Å². The van der Waals surface area contributed by atoms with Crippen molar-refractivity contribution in [1.29, 1.82) is 0 Å². The minimum atomic E-state index is -3.84. The predicted molar refractivity (Wildman–Crippen MR) is 142 cm³/mol. The SMILES string of the molecule is CC[C@H]1C[C@@H](NS(=O)(=O)C2CC2)C[C@H]1c1nc(C)c2cnc3c(ccn3S(=O)(=O)c3ccc(C)cc3)n12. The van der Waals surface area contributed by atoms with Crippen LogP contribution in [0.5, 0.6) is 0 Å². The van der Waals surface area contributed by atoms with Crippen LogP contribution < -0.4 is 4.72 Å². The van der Waals surface area contributed by atoms with Crippen LogP contribution in [0.15, 0.2) is 47.6 Å². The van der Waals surface area contributed by atoms with Crippen molar-refractivity contribution in [3.8, 4) is 0 Å². The van der Waals surface area contributed by atoms with Crippen LogP contribution in [-0.2, 0) is 20.0 Å². The molecular formula is C26H31N5O4S2. The molecule has 1 N–H and O–H groups in total. The van der Waals surface area contributed by atoms with E-state index in [0.717, 1.165) is 48.3 Å². The Morgan fingerprint density at radius 3 is 2.41 bits per heavy atom. The molecule has 2 aliphatic carbocycles. The van der Waals surface area contributed by atoms with Crippen molar-refractivity contribution >= 4 is 36.7 Å². The van der Waals surface area contributed by atoms with Crippen LogP contribution in [0.25, 0.3) is 16.7 Å². The summed E-state index contributed by atoms with van der Waals surface area (Å²) in [6.07, 6.45) is 7.02. The second-order valence-corrected chi connectivity index (χ2v) is 14.3. The highest BCUT2D eigenvalue weighted by Gasteiger charge is 2.42. The van der Waals surface area contributed by atoms with Gasteiger partial charge >= 0.3 is 0 Å². The van der Waals surface area contributed by atoms with Gasteiger partial charge in [-0.2, -0.15) is 0 Å². The third-order valence-corrected chi connectivity index (χ3v) is 11.6. The molecule has 3 aromatic heterocycles. The maximum absolute atomic E-state index is 13.5. The number of sulfonamides is 1. The summed E-state index contributed by atoms with van der Waals surface area (Å²) in [4.78, 5) is 9.67. The summed E-state index contributed by atoms with van der Waals surface area (Å²) in [7, 11) is -7.11. The zero-order valence-electron chi connectivity index (χ0n) is 21.1. The van der Waals surface area contributed by atoms with E-state index in [1.807, 2.05) is 18.2 Å². The Morgan fingerprint density at radius 1 is 1.00 bits per heavy atom. The molecule has 0 spiro atoms. The molecule has 37 heavy (non-hydrogen) atoms. The first kappa shape index (κ1) is 24.6. The van der Waals surface area contributed by atoms with Crippen LogP contribution in [-0.4, -0.2) is 46.5 Å². The lowest BCUT2D eigenvalue weighted by Gasteiger charge is -2.17. The second kappa shape index (κ2) is 8.64. The Kier molecular flexibility index (Phi) is 5.74. The molecule has 4 aromatic rings. The number of nitrogens with zero attached hydrogens (tertiary/aromatic N) is 4. The first-order chi connectivity index (χ1) is 17.6. The van der Waals surface area contributed by atoms with Crippen molar-refractivity contribution in [3.05, 3.63) is 59.8 Å². The van der Waals surface area contributed by atoms with Crippen molar-refractivity contribution in [2.75, 3.05) is 0 Å². The molecule has 196 valence electrons. The summed E-state index contributed by atoms with van der Waals surface area (Å²) in [5.41, 5.74) is 3.62. The predicted octanol–water partition coefficient (Wildman–Crippen LogP) is 3.89. The summed E-state index contributed by atoms with van der Waals surface area (Å²) in [6, 6.07) is 8.41. The van der Waals surface area contributed by atoms with Crippen LogP contribution in [0.2, 0.25) is 0 Å².